The van der Waals surface area contributed by atoms with Crippen LogP contribution in [0.15, 0.2) is 24.3 Å². The van der Waals surface area contributed by atoms with E-state index in [-0.39, 0.29) is 6.10 Å². The van der Waals surface area contributed by atoms with Gasteiger partial charge in [-0.2, -0.15) is 0 Å². The lowest BCUT2D eigenvalue weighted by atomic mass is 10.3. The van der Waals surface area contributed by atoms with E-state index in [0.29, 0.717) is 5.02 Å². The molecular weight excluding hydrogens is 298 g/mol. The third-order valence-corrected chi connectivity index (χ3v) is 1.95. The Morgan fingerprint density at radius 3 is 2.54 bits per heavy atom. The molecular formula is C10H8ClIO. The molecule has 0 spiro atoms. The minimum atomic E-state index is -0.0851. The number of hydrogen-bond acceptors (Lipinski definition) is 1. The van der Waals surface area contributed by atoms with Gasteiger partial charge in [0.25, 0.3) is 0 Å². The molecule has 0 amide bonds. The molecule has 0 fully saturated rings. The zero-order valence-electron chi connectivity index (χ0n) is 7.05. The topological polar surface area (TPSA) is 9.23 Å². The van der Waals surface area contributed by atoms with Gasteiger partial charge in [-0.3, -0.25) is 0 Å². The van der Waals surface area contributed by atoms with Gasteiger partial charge in [0.15, 0.2) is 6.10 Å². The predicted octanol–water partition coefficient (Wildman–Crippen LogP) is 3.50. The molecule has 0 radical (unpaired) electrons. The predicted molar refractivity (Wildman–Crippen MR) is 63.3 cm³/mol. The van der Waals surface area contributed by atoms with Crippen molar-refractivity contribution < 1.29 is 4.74 Å². The van der Waals surface area contributed by atoms with Crippen LogP contribution < -0.4 is 4.74 Å². The summed E-state index contributed by atoms with van der Waals surface area (Å²) in [4.78, 5) is 0. The Hall–Kier alpha value is -0.400. The molecule has 3 heteroatoms. The van der Waals surface area contributed by atoms with Crippen molar-refractivity contribution in [1.82, 2.24) is 0 Å². The number of ether oxygens (including phenoxy) is 1. The molecule has 0 aromatic heterocycles. The number of benzene rings is 1. The van der Waals surface area contributed by atoms with E-state index < -0.39 is 0 Å². The smallest absolute Gasteiger partial charge is 0.157 e. The van der Waals surface area contributed by atoms with E-state index in [1.54, 1.807) is 12.1 Å². The van der Waals surface area contributed by atoms with Crippen molar-refractivity contribution in [1.29, 1.82) is 0 Å². The van der Waals surface area contributed by atoms with Crippen molar-refractivity contribution in [2.75, 3.05) is 0 Å². The van der Waals surface area contributed by atoms with Crippen LogP contribution in [0.4, 0.5) is 0 Å². The van der Waals surface area contributed by atoms with Gasteiger partial charge < -0.3 is 4.74 Å². The maximum absolute atomic E-state index is 5.72. The van der Waals surface area contributed by atoms with E-state index in [2.05, 4.69) is 9.85 Å². The van der Waals surface area contributed by atoms with Crippen LogP contribution in [-0.2, 0) is 0 Å². The molecule has 0 saturated carbocycles. The Labute approximate surface area is 96.6 Å². The van der Waals surface area contributed by atoms with Crippen LogP contribution in [-0.4, -0.2) is 6.10 Å². The van der Waals surface area contributed by atoms with Gasteiger partial charge in [0.1, 0.15) is 5.75 Å². The lowest BCUT2D eigenvalue weighted by Crippen LogP contribution is -2.07. The average molecular weight is 307 g/mol. The van der Waals surface area contributed by atoms with Crippen molar-refractivity contribution in [2.45, 2.75) is 13.0 Å². The maximum atomic E-state index is 5.72. The summed E-state index contributed by atoms with van der Waals surface area (Å²) in [6.45, 7) is 1.90. The SMILES string of the molecule is C[C@H](C#CI)Oc1ccc(Cl)cc1. The van der Waals surface area contributed by atoms with Crippen molar-refractivity contribution in [3.05, 3.63) is 29.3 Å². The molecule has 1 aromatic carbocycles. The highest BCUT2D eigenvalue weighted by Crippen LogP contribution is 2.16. The fourth-order valence-electron chi connectivity index (χ4n) is 0.824. The number of rotatable bonds is 2. The van der Waals surface area contributed by atoms with Crippen LogP contribution in [0.5, 0.6) is 5.75 Å². The number of hydrogen-bond donors (Lipinski definition) is 0. The van der Waals surface area contributed by atoms with Gasteiger partial charge >= 0.3 is 0 Å². The zero-order valence-corrected chi connectivity index (χ0v) is 9.96. The normalized spacial score (nSPS) is 11.3. The first-order chi connectivity index (χ1) is 6.22. The summed E-state index contributed by atoms with van der Waals surface area (Å²) in [7, 11) is 0. The Kier molecular flexibility index (Phi) is 4.40. The summed E-state index contributed by atoms with van der Waals surface area (Å²) in [5.41, 5.74) is 0. The van der Waals surface area contributed by atoms with Gasteiger partial charge in [0.2, 0.25) is 0 Å². The van der Waals surface area contributed by atoms with Crippen LogP contribution in [0, 0.1) is 9.85 Å². The van der Waals surface area contributed by atoms with Crippen LogP contribution in [0.2, 0.25) is 5.02 Å². The summed E-state index contributed by atoms with van der Waals surface area (Å²) < 4.78 is 8.24. The van der Waals surface area contributed by atoms with Gasteiger partial charge in [0, 0.05) is 27.6 Å². The maximum Gasteiger partial charge on any atom is 0.157 e. The molecule has 0 bridgehead atoms. The van der Waals surface area contributed by atoms with Crippen molar-refractivity contribution in [3.8, 4) is 15.6 Å². The van der Waals surface area contributed by atoms with Gasteiger partial charge in [-0.25, -0.2) is 0 Å². The molecule has 0 aliphatic heterocycles. The molecule has 1 rings (SSSR count). The van der Waals surface area contributed by atoms with Crippen molar-refractivity contribution in [2.24, 2.45) is 0 Å². The fraction of sp³-hybridized carbons (Fsp3) is 0.200. The largest absolute Gasteiger partial charge is 0.478 e. The summed E-state index contributed by atoms with van der Waals surface area (Å²) in [6.07, 6.45) is -0.0851. The molecule has 0 heterocycles. The van der Waals surface area contributed by atoms with Crippen LogP contribution in [0.25, 0.3) is 0 Å². The zero-order chi connectivity index (χ0) is 9.68. The third-order valence-electron chi connectivity index (χ3n) is 1.38. The summed E-state index contributed by atoms with van der Waals surface area (Å²) in [5.74, 6) is 3.68. The quantitative estimate of drug-likeness (QED) is 0.600. The Bertz CT molecular complexity index is 323. The minimum absolute atomic E-state index is 0.0851. The average Bonchev–Trinajstić information content (AvgIpc) is 2.09. The number of halogens is 2. The van der Waals surface area contributed by atoms with Gasteiger partial charge in [0.05, 0.1) is 0 Å². The van der Waals surface area contributed by atoms with Crippen molar-refractivity contribution in [3.63, 3.8) is 0 Å². The second-order valence-electron chi connectivity index (χ2n) is 2.45. The minimum Gasteiger partial charge on any atom is -0.478 e. The molecule has 13 heavy (non-hydrogen) atoms. The molecule has 0 aliphatic rings. The van der Waals surface area contributed by atoms with Gasteiger partial charge in [-0.1, -0.05) is 11.6 Å². The van der Waals surface area contributed by atoms with Crippen molar-refractivity contribution >= 4 is 34.2 Å². The first-order valence-corrected chi connectivity index (χ1v) is 5.21. The van der Waals surface area contributed by atoms with E-state index in [1.807, 2.05) is 41.6 Å². The highest BCUT2D eigenvalue weighted by molar-refractivity contribution is 14.1. The first-order valence-electron chi connectivity index (χ1n) is 3.76. The van der Waals surface area contributed by atoms with Crippen LogP contribution >= 0.6 is 34.2 Å². The van der Waals surface area contributed by atoms with Gasteiger partial charge in [-0.15, -0.1) is 0 Å². The monoisotopic (exact) mass is 306 g/mol. The Balaban J connectivity index is 2.62. The molecule has 0 unspecified atom stereocenters. The molecule has 1 atom stereocenters. The van der Waals surface area contributed by atoms with Crippen LogP contribution in [0.3, 0.4) is 0 Å². The molecule has 1 aromatic rings. The van der Waals surface area contributed by atoms with E-state index >= 15 is 0 Å². The highest BCUT2D eigenvalue weighted by atomic mass is 127. The molecule has 0 aliphatic carbocycles. The Morgan fingerprint density at radius 2 is 2.00 bits per heavy atom. The van der Waals surface area contributed by atoms with Gasteiger partial charge in [-0.05, 0) is 41.0 Å². The summed E-state index contributed by atoms with van der Waals surface area (Å²) >= 11 is 7.71. The highest BCUT2D eigenvalue weighted by Gasteiger charge is 1.98. The third kappa shape index (κ3) is 3.88. The van der Waals surface area contributed by atoms with E-state index in [4.69, 9.17) is 16.3 Å². The Morgan fingerprint density at radius 1 is 1.38 bits per heavy atom. The van der Waals surface area contributed by atoms with E-state index in [1.165, 1.54) is 0 Å². The molecule has 0 saturated heterocycles. The lowest BCUT2D eigenvalue weighted by Gasteiger charge is -2.07. The lowest BCUT2D eigenvalue weighted by molar-refractivity contribution is 0.279. The molecule has 0 N–H and O–H groups in total. The molecule has 1 nitrogen and oxygen atoms in total. The molecule has 68 valence electrons. The van der Waals surface area contributed by atoms with E-state index in [0.717, 1.165) is 5.75 Å². The standard InChI is InChI=1S/C10H8ClIO/c1-8(6-7-12)13-10-4-2-9(11)3-5-10/h2-5,8H,1H3/t8-/m1/s1. The summed E-state index contributed by atoms with van der Waals surface area (Å²) in [5, 5.41) is 0.708. The fourth-order valence-corrected chi connectivity index (χ4v) is 1.39. The summed E-state index contributed by atoms with van der Waals surface area (Å²) in [6, 6.07) is 7.24. The second-order valence-corrected chi connectivity index (χ2v) is 3.43. The second kappa shape index (κ2) is 5.36. The van der Waals surface area contributed by atoms with E-state index in [9.17, 15) is 0 Å². The first kappa shape index (κ1) is 10.7. The van der Waals surface area contributed by atoms with Crippen LogP contribution in [0.1, 0.15) is 6.92 Å².